The standard InChI is InChI=1S/C17H20Cl2N4/c1-11-5-7-23(8-6-11)17-10-16(20-12(2)21-17)22-15-9-13(18)3-4-14(15)19/h3-4,9-11H,5-8H2,1-2H3,(H,20,21,22). The second-order valence-corrected chi connectivity index (χ2v) is 6.92. The summed E-state index contributed by atoms with van der Waals surface area (Å²) in [6.07, 6.45) is 2.40. The molecule has 1 aliphatic rings. The lowest BCUT2D eigenvalue weighted by Gasteiger charge is -2.31. The molecule has 1 N–H and O–H groups in total. The van der Waals surface area contributed by atoms with E-state index in [1.54, 1.807) is 18.2 Å². The molecule has 0 amide bonds. The van der Waals surface area contributed by atoms with Crippen molar-refractivity contribution in [1.82, 2.24) is 9.97 Å². The molecule has 3 rings (SSSR count). The second kappa shape index (κ2) is 6.93. The summed E-state index contributed by atoms with van der Waals surface area (Å²) in [6.45, 7) is 6.28. The third-order valence-electron chi connectivity index (χ3n) is 4.12. The second-order valence-electron chi connectivity index (χ2n) is 6.08. The van der Waals surface area contributed by atoms with Crippen LogP contribution in [-0.4, -0.2) is 23.1 Å². The molecular weight excluding hydrogens is 331 g/mol. The van der Waals surface area contributed by atoms with Crippen molar-refractivity contribution in [2.75, 3.05) is 23.3 Å². The van der Waals surface area contributed by atoms with E-state index < -0.39 is 0 Å². The lowest BCUT2D eigenvalue weighted by atomic mass is 9.99. The fraction of sp³-hybridized carbons (Fsp3) is 0.412. The molecule has 1 saturated heterocycles. The van der Waals surface area contributed by atoms with Crippen molar-refractivity contribution in [2.45, 2.75) is 26.7 Å². The van der Waals surface area contributed by atoms with Crippen LogP contribution in [0.3, 0.4) is 0 Å². The summed E-state index contributed by atoms with van der Waals surface area (Å²) in [5.41, 5.74) is 0.746. The normalized spacial score (nSPS) is 15.7. The van der Waals surface area contributed by atoms with Gasteiger partial charge >= 0.3 is 0 Å². The van der Waals surface area contributed by atoms with Crippen molar-refractivity contribution in [3.8, 4) is 0 Å². The van der Waals surface area contributed by atoms with Crippen molar-refractivity contribution >= 4 is 40.5 Å². The van der Waals surface area contributed by atoms with Crippen LogP contribution < -0.4 is 10.2 Å². The number of hydrogen-bond donors (Lipinski definition) is 1. The van der Waals surface area contributed by atoms with Crippen LogP contribution in [0, 0.1) is 12.8 Å². The topological polar surface area (TPSA) is 41.1 Å². The van der Waals surface area contributed by atoms with E-state index in [2.05, 4.69) is 27.1 Å². The van der Waals surface area contributed by atoms with Gasteiger partial charge in [-0.15, -0.1) is 0 Å². The number of piperidine rings is 1. The van der Waals surface area contributed by atoms with Gasteiger partial charge in [0.2, 0.25) is 0 Å². The Labute approximate surface area is 146 Å². The first-order valence-electron chi connectivity index (χ1n) is 7.84. The zero-order valence-corrected chi connectivity index (χ0v) is 14.8. The highest BCUT2D eigenvalue weighted by molar-refractivity contribution is 6.35. The van der Waals surface area contributed by atoms with Crippen LogP contribution in [0.15, 0.2) is 24.3 Å². The van der Waals surface area contributed by atoms with Crippen LogP contribution in [0.1, 0.15) is 25.6 Å². The average molecular weight is 351 g/mol. The number of nitrogens with one attached hydrogen (secondary N) is 1. The third kappa shape index (κ3) is 4.06. The molecular formula is C17H20Cl2N4. The summed E-state index contributed by atoms with van der Waals surface area (Å²) >= 11 is 12.3. The number of aromatic nitrogens is 2. The van der Waals surface area contributed by atoms with Crippen LogP contribution >= 0.6 is 23.2 Å². The van der Waals surface area contributed by atoms with E-state index in [0.717, 1.165) is 42.2 Å². The minimum absolute atomic E-state index is 0.610. The van der Waals surface area contributed by atoms with Gasteiger partial charge in [0.05, 0.1) is 10.7 Å². The minimum Gasteiger partial charge on any atom is -0.356 e. The molecule has 0 radical (unpaired) electrons. The van der Waals surface area contributed by atoms with Crippen molar-refractivity contribution < 1.29 is 0 Å². The van der Waals surface area contributed by atoms with Gasteiger partial charge in [-0.2, -0.15) is 0 Å². The van der Waals surface area contributed by atoms with Gasteiger partial charge in [0.25, 0.3) is 0 Å². The highest BCUT2D eigenvalue weighted by Gasteiger charge is 2.18. The fourth-order valence-corrected chi connectivity index (χ4v) is 3.08. The molecule has 0 bridgehead atoms. The molecule has 2 heterocycles. The predicted octanol–water partition coefficient (Wildman–Crippen LogP) is 5.07. The Hall–Kier alpha value is -1.52. The summed E-state index contributed by atoms with van der Waals surface area (Å²) in [5.74, 6) is 3.22. The molecule has 4 nitrogen and oxygen atoms in total. The molecule has 1 aliphatic heterocycles. The van der Waals surface area contributed by atoms with E-state index in [-0.39, 0.29) is 0 Å². The van der Waals surface area contributed by atoms with Gasteiger partial charge in [-0.05, 0) is 43.9 Å². The molecule has 1 aromatic heterocycles. The Kier molecular flexibility index (Phi) is 4.93. The first-order chi connectivity index (χ1) is 11.0. The summed E-state index contributed by atoms with van der Waals surface area (Å²) in [4.78, 5) is 11.4. The number of benzene rings is 1. The SMILES string of the molecule is Cc1nc(Nc2cc(Cl)ccc2Cl)cc(N2CCC(C)CC2)n1. The molecule has 0 unspecified atom stereocenters. The zero-order valence-electron chi connectivity index (χ0n) is 13.3. The summed E-state index contributed by atoms with van der Waals surface area (Å²) in [7, 11) is 0. The number of anilines is 3. The van der Waals surface area contributed by atoms with Crippen molar-refractivity contribution in [2.24, 2.45) is 5.92 Å². The zero-order chi connectivity index (χ0) is 16.4. The quantitative estimate of drug-likeness (QED) is 0.838. The number of hydrogen-bond acceptors (Lipinski definition) is 4. The average Bonchev–Trinajstić information content (AvgIpc) is 2.51. The smallest absolute Gasteiger partial charge is 0.136 e. The maximum absolute atomic E-state index is 6.22. The highest BCUT2D eigenvalue weighted by Crippen LogP contribution is 2.29. The molecule has 0 aliphatic carbocycles. The number of aryl methyl sites for hydroxylation is 1. The Morgan fingerprint density at radius 3 is 2.61 bits per heavy atom. The maximum atomic E-state index is 6.22. The van der Waals surface area contributed by atoms with E-state index in [9.17, 15) is 0 Å². The molecule has 122 valence electrons. The molecule has 0 saturated carbocycles. The largest absolute Gasteiger partial charge is 0.356 e. The summed E-state index contributed by atoms with van der Waals surface area (Å²) in [5, 5.41) is 4.49. The van der Waals surface area contributed by atoms with Crippen LogP contribution in [-0.2, 0) is 0 Å². The van der Waals surface area contributed by atoms with E-state index in [1.807, 2.05) is 13.0 Å². The van der Waals surface area contributed by atoms with Gasteiger partial charge in [-0.1, -0.05) is 30.1 Å². The van der Waals surface area contributed by atoms with Gasteiger partial charge in [-0.3, -0.25) is 0 Å². The molecule has 6 heteroatoms. The lowest BCUT2D eigenvalue weighted by molar-refractivity contribution is 0.436. The van der Waals surface area contributed by atoms with Gasteiger partial charge in [0.15, 0.2) is 0 Å². The first-order valence-corrected chi connectivity index (χ1v) is 8.59. The van der Waals surface area contributed by atoms with Gasteiger partial charge in [0.1, 0.15) is 17.5 Å². The Bertz CT molecular complexity index is 697. The molecule has 2 aromatic rings. The number of halogens is 2. The lowest BCUT2D eigenvalue weighted by Crippen LogP contribution is -2.33. The molecule has 1 fully saturated rings. The van der Waals surface area contributed by atoms with Crippen LogP contribution in [0.5, 0.6) is 0 Å². The molecule has 0 atom stereocenters. The van der Waals surface area contributed by atoms with Gasteiger partial charge < -0.3 is 10.2 Å². The van der Waals surface area contributed by atoms with Crippen LogP contribution in [0.2, 0.25) is 10.0 Å². The van der Waals surface area contributed by atoms with E-state index in [0.29, 0.717) is 10.0 Å². The minimum atomic E-state index is 0.610. The number of rotatable bonds is 3. The maximum Gasteiger partial charge on any atom is 0.136 e. The van der Waals surface area contributed by atoms with Crippen molar-refractivity contribution in [3.63, 3.8) is 0 Å². The van der Waals surface area contributed by atoms with Crippen molar-refractivity contribution in [1.29, 1.82) is 0 Å². The van der Waals surface area contributed by atoms with Crippen molar-refractivity contribution in [3.05, 3.63) is 40.1 Å². The summed E-state index contributed by atoms with van der Waals surface area (Å²) in [6, 6.07) is 7.30. The van der Waals surface area contributed by atoms with E-state index >= 15 is 0 Å². The Morgan fingerprint density at radius 1 is 1.13 bits per heavy atom. The fourth-order valence-electron chi connectivity index (χ4n) is 2.75. The highest BCUT2D eigenvalue weighted by atomic mass is 35.5. The van der Waals surface area contributed by atoms with Gasteiger partial charge in [0, 0.05) is 24.2 Å². The van der Waals surface area contributed by atoms with E-state index in [1.165, 1.54) is 12.8 Å². The molecule has 0 spiro atoms. The molecule has 1 aromatic carbocycles. The van der Waals surface area contributed by atoms with E-state index in [4.69, 9.17) is 23.2 Å². The number of nitrogens with zero attached hydrogens (tertiary/aromatic N) is 3. The molecule has 23 heavy (non-hydrogen) atoms. The van der Waals surface area contributed by atoms with Crippen LogP contribution in [0.25, 0.3) is 0 Å². The Morgan fingerprint density at radius 2 is 1.87 bits per heavy atom. The monoisotopic (exact) mass is 350 g/mol. The first kappa shape index (κ1) is 16.3. The Balaban J connectivity index is 1.84. The van der Waals surface area contributed by atoms with Gasteiger partial charge in [-0.25, -0.2) is 9.97 Å². The van der Waals surface area contributed by atoms with Crippen LogP contribution in [0.4, 0.5) is 17.3 Å². The predicted molar refractivity (Wildman–Crippen MR) is 97.1 cm³/mol. The summed E-state index contributed by atoms with van der Waals surface area (Å²) < 4.78 is 0. The third-order valence-corrected chi connectivity index (χ3v) is 4.69.